The van der Waals surface area contributed by atoms with E-state index in [-0.39, 0.29) is 0 Å². The van der Waals surface area contributed by atoms with E-state index in [9.17, 15) is 0 Å². The van der Waals surface area contributed by atoms with Gasteiger partial charge in [-0.1, -0.05) is 130 Å². The molecule has 0 amide bonds. The Kier molecular flexibility index (Phi) is 30.8. The third-order valence-electron chi connectivity index (χ3n) is 8.50. The second kappa shape index (κ2) is 29.6. The van der Waals surface area contributed by atoms with Crippen molar-refractivity contribution >= 4 is 14.8 Å². The number of quaternary nitrogens is 1. The molecule has 0 bridgehead atoms. The second-order valence-corrected chi connectivity index (χ2v) is 15.7. The predicted octanol–water partition coefficient (Wildman–Crippen LogP) is 8.69. The fraction of sp³-hybridized carbons (Fsp3) is 0.971. The molecule has 41 heavy (non-hydrogen) atoms. The Bertz CT molecular complexity index is 541. The summed E-state index contributed by atoms with van der Waals surface area (Å²) in [6.07, 6.45) is 28.3. The highest BCUT2D eigenvalue weighted by Gasteiger charge is 2.48. The summed E-state index contributed by atoms with van der Waals surface area (Å²) in [7, 11) is 2.66. The van der Waals surface area contributed by atoms with E-state index in [2.05, 4.69) is 27.7 Å². The van der Waals surface area contributed by atoms with Crippen molar-refractivity contribution in [1.29, 1.82) is 0 Å². The van der Waals surface area contributed by atoms with Crippen LogP contribution in [0.4, 0.5) is 0 Å². The summed E-state index contributed by atoms with van der Waals surface area (Å²) in [6.45, 7) is 15.1. The summed E-state index contributed by atoms with van der Waals surface area (Å²) in [5.41, 5.74) is 0.307. The highest BCUT2D eigenvalue weighted by Crippen LogP contribution is 2.29. The quantitative estimate of drug-likeness (QED) is 0.0486. The van der Waals surface area contributed by atoms with Gasteiger partial charge in [-0.2, -0.15) is 0 Å². The van der Waals surface area contributed by atoms with Gasteiger partial charge in [0.05, 0.1) is 31.7 Å². The molecular weight excluding hydrogens is 530 g/mol. The summed E-state index contributed by atoms with van der Waals surface area (Å²) in [5.74, 6) is -1.08. The van der Waals surface area contributed by atoms with E-state index in [1.807, 2.05) is 0 Å². The molecule has 0 aromatic heterocycles. The average Bonchev–Trinajstić information content (AvgIpc) is 2.93. The summed E-state index contributed by atoms with van der Waals surface area (Å²) in [4.78, 5) is 8.89. The zero-order valence-corrected chi connectivity index (χ0v) is 30.0. The fourth-order valence-corrected chi connectivity index (χ4v) is 8.77. The summed E-state index contributed by atoms with van der Waals surface area (Å²) >= 11 is 0. The number of carboxylic acids is 1. The van der Waals surface area contributed by atoms with Crippen LogP contribution in [0.15, 0.2) is 0 Å². The minimum atomic E-state index is -2.60. The Hall–Kier alpha value is -0.473. The van der Waals surface area contributed by atoms with Crippen LogP contribution >= 0.6 is 0 Å². The molecule has 0 N–H and O–H groups in total. The maximum Gasteiger partial charge on any atom is 0.508 e. The van der Waals surface area contributed by atoms with Crippen molar-refractivity contribution in [2.24, 2.45) is 0 Å². The molecule has 6 nitrogen and oxygen atoms in total. The van der Waals surface area contributed by atoms with Gasteiger partial charge in [-0.25, -0.2) is 0 Å². The van der Waals surface area contributed by atoms with Gasteiger partial charge in [-0.05, 0) is 32.6 Å². The van der Waals surface area contributed by atoms with E-state index < -0.39 is 14.8 Å². The highest BCUT2D eigenvalue weighted by molar-refractivity contribution is 6.62. The summed E-state index contributed by atoms with van der Waals surface area (Å²) in [5, 5.41) is 8.89. The maximum absolute atomic E-state index is 8.89. The molecule has 0 spiro atoms. The first-order chi connectivity index (χ1) is 19.7. The van der Waals surface area contributed by atoms with Crippen LogP contribution in [0.3, 0.4) is 0 Å². The number of carbonyl (C=O) groups is 1. The van der Waals surface area contributed by atoms with Crippen molar-refractivity contribution in [3.63, 3.8) is 0 Å². The van der Waals surface area contributed by atoms with E-state index >= 15 is 0 Å². The summed E-state index contributed by atoms with van der Waals surface area (Å²) in [6, 6.07) is 0. The van der Waals surface area contributed by atoms with Crippen LogP contribution in [0, 0.1) is 0 Å². The van der Waals surface area contributed by atoms with Gasteiger partial charge in [0.25, 0.3) is 0 Å². The number of hydrogen-bond acceptors (Lipinski definition) is 5. The SMILES string of the molecule is CC(=O)[O-].CCCCCCCCCCCCCCCCCCCC[N+](CCC)(CCC)CC(C)[Si](OC)(OC)OC. The van der Waals surface area contributed by atoms with Gasteiger partial charge in [0, 0.05) is 27.3 Å². The monoisotopic (exact) mass is 604 g/mol. The van der Waals surface area contributed by atoms with Crippen molar-refractivity contribution in [3.8, 4) is 0 Å². The van der Waals surface area contributed by atoms with E-state index in [1.54, 1.807) is 21.3 Å². The molecule has 0 heterocycles. The Labute approximate surface area is 258 Å². The molecule has 248 valence electrons. The van der Waals surface area contributed by atoms with Gasteiger partial charge in [0.1, 0.15) is 0 Å². The zero-order valence-electron chi connectivity index (χ0n) is 29.0. The Morgan fingerprint density at radius 2 is 0.878 bits per heavy atom. The largest absolute Gasteiger partial charge is 0.550 e. The lowest BCUT2D eigenvalue weighted by atomic mass is 10.0. The van der Waals surface area contributed by atoms with Crippen LogP contribution in [0.1, 0.15) is 163 Å². The molecule has 0 saturated heterocycles. The lowest BCUT2D eigenvalue weighted by molar-refractivity contribution is -0.928. The first kappa shape index (κ1) is 42.7. The van der Waals surface area contributed by atoms with Crippen LogP contribution in [0.2, 0.25) is 5.54 Å². The van der Waals surface area contributed by atoms with E-state index in [0.29, 0.717) is 5.54 Å². The van der Waals surface area contributed by atoms with Gasteiger partial charge in [0.2, 0.25) is 0 Å². The zero-order chi connectivity index (χ0) is 31.2. The minimum absolute atomic E-state index is 0.307. The van der Waals surface area contributed by atoms with Crippen LogP contribution in [-0.4, -0.2) is 66.8 Å². The van der Waals surface area contributed by atoms with Crippen molar-refractivity contribution in [3.05, 3.63) is 0 Å². The van der Waals surface area contributed by atoms with Crippen LogP contribution < -0.4 is 5.11 Å². The molecule has 0 aromatic carbocycles. The third-order valence-corrected chi connectivity index (χ3v) is 11.6. The topological polar surface area (TPSA) is 67.8 Å². The maximum atomic E-state index is 8.89. The van der Waals surface area contributed by atoms with E-state index in [0.717, 1.165) is 13.5 Å². The number of nitrogens with zero attached hydrogens (tertiary/aromatic N) is 1. The average molecular weight is 604 g/mol. The normalized spacial score (nSPS) is 12.7. The molecule has 0 fully saturated rings. The standard InChI is InChI=1S/C32H70NO3Si.C2H4O2/c1-8-11-12-13-14-15-16-17-18-19-20-21-22-23-24-25-26-27-30-33(28-9-2,29-10-3)31-32(4)37(34-5,35-6)36-7;1-2(3)4/h32H,8-31H2,1-7H3;1H3,(H,3,4)/q+1;/p-1. The number of rotatable bonds is 29. The molecule has 0 rings (SSSR count). The van der Waals surface area contributed by atoms with Gasteiger partial charge in [-0.3, -0.25) is 0 Å². The number of carbonyl (C=O) groups excluding carboxylic acids is 1. The van der Waals surface area contributed by atoms with Crippen molar-refractivity contribution in [1.82, 2.24) is 0 Å². The molecule has 1 atom stereocenters. The number of carboxylic acid groups (broad SMARTS) is 1. The predicted molar refractivity (Wildman–Crippen MR) is 176 cm³/mol. The molecule has 0 aromatic rings. The van der Waals surface area contributed by atoms with Gasteiger partial charge < -0.3 is 27.7 Å². The molecule has 0 aliphatic carbocycles. The van der Waals surface area contributed by atoms with Crippen LogP contribution in [-0.2, 0) is 18.1 Å². The lowest BCUT2D eigenvalue weighted by Gasteiger charge is -2.43. The number of aliphatic carboxylic acids is 1. The first-order valence-corrected chi connectivity index (χ1v) is 19.2. The minimum Gasteiger partial charge on any atom is -0.550 e. The van der Waals surface area contributed by atoms with E-state index in [4.69, 9.17) is 23.2 Å². The Morgan fingerprint density at radius 1 is 0.585 bits per heavy atom. The van der Waals surface area contributed by atoms with Gasteiger partial charge in [0.15, 0.2) is 0 Å². The Morgan fingerprint density at radius 3 is 1.15 bits per heavy atom. The highest BCUT2D eigenvalue weighted by atomic mass is 28.4. The van der Waals surface area contributed by atoms with Crippen molar-refractivity contribution in [2.45, 2.75) is 169 Å². The van der Waals surface area contributed by atoms with Crippen molar-refractivity contribution < 1.29 is 27.7 Å². The second-order valence-electron chi connectivity index (χ2n) is 12.3. The smallest absolute Gasteiger partial charge is 0.508 e. The molecule has 0 radical (unpaired) electrons. The van der Waals surface area contributed by atoms with Gasteiger partial charge >= 0.3 is 8.80 Å². The molecular formula is C34H73NO5Si. The lowest BCUT2D eigenvalue weighted by Crippen LogP contribution is -2.57. The van der Waals surface area contributed by atoms with E-state index in [1.165, 1.54) is 153 Å². The Balaban J connectivity index is 0. The van der Waals surface area contributed by atoms with Gasteiger partial charge in [-0.15, -0.1) is 0 Å². The summed E-state index contributed by atoms with van der Waals surface area (Å²) < 4.78 is 18.7. The molecule has 0 aliphatic rings. The first-order valence-electron chi connectivity index (χ1n) is 17.4. The number of hydrogen-bond donors (Lipinski definition) is 0. The van der Waals surface area contributed by atoms with Crippen LogP contribution in [0.5, 0.6) is 0 Å². The molecule has 7 heteroatoms. The van der Waals surface area contributed by atoms with Crippen LogP contribution in [0.25, 0.3) is 0 Å². The number of unbranched alkanes of at least 4 members (excludes halogenated alkanes) is 17. The molecule has 1 unspecified atom stereocenters. The molecule has 0 aliphatic heterocycles. The third kappa shape index (κ3) is 23.6. The molecule has 0 saturated carbocycles. The fourth-order valence-electron chi connectivity index (χ4n) is 6.45. The van der Waals surface area contributed by atoms with Crippen molar-refractivity contribution in [2.75, 3.05) is 47.5 Å².